The van der Waals surface area contributed by atoms with E-state index in [9.17, 15) is 17.6 Å². The van der Waals surface area contributed by atoms with Crippen molar-refractivity contribution in [2.24, 2.45) is 11.7 Å². The molecular formula is C14H19ClFN3O3S. The molecule has 2 atom stereocenters. The maximum atomic E-state index is 14.2. The summed E-state index contributed by atoms with van der Waals surface area (Å²) < 4.78 is 41.5. The van der Waals surface area contributed by atoms with Gasteiger partial charge in [0.25, 0.3) is 0 Å². The highest BCUT2D eigenvalue weighted by molar-refractivity contribution is 7.89. The predicted molar refractivity (Wildman–Crippen MR) is 86.2 cm³/mol. The Kier molecular flexibility index (Phi) is 5.61. The first-order valence-corrected chi connectivity index (χ1v) is 9.09. The lowest BCUT2D eigenvalue weighted by Gasteiger charge is -2.20. The van der Waals surface area contributed by atoms with Gasteiger partial charge in [-0.05, 0) is 31.4 Å². The van der Waals surface area contributed by atoms with Crippen LogP contribution in [0.3, 0.4) is 0 Å². The van der Waals surface area contributed by atoms with E-state index < -0.39 is 26.6 Å². The molecule has 0 aromatic heterocycles. The molecule has 0 spiro atoms. The SMILES string of the molecule is CC(=O)Nc1cc(F)c(S(=O)(=O)NC2CCCC2CN)cc1Cl. The van der Waals surface area contributed by atoms with Gasteiger partial charge in [0.2, 0.25) is 15.9 Å². The van der Waals surface area contributed by atoms with Gasteiger partial charge in [0.15, 0.2) is 0 Å². The molecule has 23 heavy (non-hydrogen) atoms. The maximum absolute atomic E-state index is 14.2. The number of anilines is 1. The van der Waals surface area contributed by atoms with Crippen LogP contribution in [0.15, 0.2) is 17.0 Å². The van der Waals surface area contributed by atoms with Gasteiger partial charge in [0.1, 0.15) is 10.7 Å². The van der Waals surface area contributed by atoms with E-state index in [1.165, 1.54) is 6.92 Å². The Balaban J connectivity index is 2.29. The third-order valence-electron chi connectivity index (χ3n) is 3.89. The van der Waals surface area contributed by atoms with Gasteiger partial charge in [-0.2, -0.15) is 0 Å². The molecule has 1 aromatic rings. The molecule has 0 aliphatic heterocycles. The Morgan fingerprint density at radius 1 is 1.43 bits per heavy atom. The van der Waals surface area contributed by atoms with Crippen molar-refractivity contribution in [2.45, 2.75) is 37.1 Å². The Bertz CT molecular complexity index is 711. The molecule has 0 saturated heterocycles. The highest BCUT2D eigenvalue weighted by atomic mass is 35.5. The molecule has 2 unspecified atom stereocenters. The molecule has 0 bridgehead atoms. The smallest absolute Gasteiger partial charge is 0.243 e. The Hall–Kier alpha value is -1.22. The fraction of sp³-hybridized carbons (Fsp3) is 0.500. The monoisotopic (exact) mass is 363 g/mol. The van der Waals surface area contributed by atoms with Gasteiger partial charge in [-0.15, -0.1) is 0 Å². The van der Waals surface area contributed by atoms with Crippen molar-refractivity contribution in [3.05, 3.63) is 23.0 Å². The second-order valence-electron chi connectivity index (χ2n) is 5.60. The minimum atomic E-state index is -4.06. The minimum Gasteiger partial charge on any atom is -0.330 e. The van der Waals surface area contributed by atoms with Gasteiger partial charge in [0.05, 0.1) is 10.7 Å². The van der Waals surface area contributed by atoms with Gasteiger partial charge in [-0.25, -0.2) is 17.5 Å². The number of nitrogens with one attached hydrogen (secondary N) is 2. The fourth-order valence-corrected chi connectivity index (χ4v) is 4.46. The number of hydrogen-bond donors (Lipinski definition) is 3. The van der Waals surface area contributed by atoms with Crippen LogP contribution in [-0.4, -0.2) is 26.9 Å². The van der Waals surface area contributed by atoms with Gasteiger partial charge in [-0.3, -0.25) is 4.79 Å². The lowest BCUT2D eigenvalue weighted by atomic mass is 10.1. The van der Waals surface area contributed by atoms with Gasteiger partial charge < -0.3 is 11.1 Å². The van der Waals surface area contributed by atoms with Crippen LogP contribution in [-0.2, 0) is 14.8 Å². The van der Waals surface area contributed by atoms with Crippen molar-refractivity contribution in [3.8, 4) is 0 Å². The Morgan fingerprint density at radius 3 is 2.74 bits per heavy atom. The van der Waals surface area contributed by atoms with Crippen LogP contribution in [0.4, 0.5) is 10.1 Å². The van der Waals surface area contributed by atoms with Gasteiger partial charge >= 0.3 is 0 Å². The van der Waals surface area contributed by atoms with Gasteiger partial charge in [0, 0.05) is 19.0 Å². The lowest BCUT2D eigenvalue weighted by molar-refractivity contribution is -0.114. The first-order chi connectivity index (χ1) is 10.7. The number of sulfonamides is 1. The van der Waals surface area contributed by atoms with E-state index in [-0.39, 0.29) is 22.7 Å². The summed E-state index contributed by atoms with van der Waals surface area (Å²) in [5.41, 5.74) is 5.66. The summed E-state index contributed by atoms with van der Waals surface area (Å²) in [6.07, 6.45) is 2.38. The van der Waals surface area contributed by atoms with Crippen LogP contribution in [0.2, 0.25) is 5.02 Å². The number of benzene rings is 1. The average Bonchev–Trinajstić information content (AvgIpc) is 2.88. The van der Waals surface area contributed by atoms with Crippen LogP contribution in [0, 0.1) is 11.7 Å². The fourth-order valence-electron chi connectivity index (χ4n) is 2.76. The topological polar surface area (TPSA) is 101 Å². The molecule has 1 aliphatic carbocycles. The number of carbonyl (C=O) groups is 1. The number of rotatable bonds is 5. The molecule has 1 amide bonds. The first kappa shape index (κ1) is 18.1. The zero-order valence-electron chi connectivity index (χ0n) is 12.6. The Morgan fingerprint density at radius 2 is 2.13 bits per heavy atom. The van der Waals surface area contributed by atoms with E-state index in [4.69, 9.17) is 17.3 Å². The minimum absolute atomic E-state index is 0.0244. The van der Waals surface area contributed by atoms with Crippen LogP contribution in [0.1, 0.15) is 26.2 Å². The van der Waals surface area contributed by atoms with E-state index in [0.29, 0.717) is 13.0 Å². The zero-order chi connectivity index (χ0) is 17.2. The summed E-state index contributed by atoms with van der Waals surface area (Å²) in [4.78, 5) is 10.5. The molecule has 6 nitrogen and oxygen atoms in total. The summed E-state index contributed by atoms with van der Waals surface area (Å²) >= 11 is 5.93. The molecule has 0 heterocycles. The molecule has 1 aliphatic rings. The summed E-state index contributed by atoms with van der Waals surface area (Å²) in [6.45, 7) is 1.62. The van der Waals surface area contributed by atoms with E-state index in [2.05, 4.69) is 10.0 Å². The van der Waals surface area contributed by atoms with Crippen molar-refractivity contribution in [1.29, 1.82) is 0 Å². The highest BCUT2D eigenvalue weighted by Gasteiger charge is 2.32. The van der Waals surface area contributed by atoms with Crippen molar-refractivity contribution in [1.82, 2.24) is 4.72 Å². The summed E-state index contributed by atoms with van der Waals surface area (Å²) in [7, 11) is -4.06. The lowest BCUT2D eigenvalue weighted by Crippen LogP contribution is -2.40. The summed E-state index contributed by atoms with van der Waals surface area (Å²) in [5, 5.41) is 2.29. The second-order valence-corrected chi connectivity index (χ2v) is 7.69. The standard InChI is InChI=1S/C14H19ClFN3O3S/c1-8(20)18-13-6-11(16)14(5-10(13)15)23(21,22)19-12-4-2-3-9(12)7-17/h5-6,9,12,19H,2-4,7,17H2,1H3,(H,18,20). The third kappa shape index (κ3) is 4.20. The molecule has 2 rings (SSSR count). The van der Waals surface area contributed by atoms with Crippen LogP contribution in [0.25, 0.3) is 0 Å². The summed E-state index contributed by atoms with van der Waals surface area (Å²) in [5.74, 6) is -1.37. The van der Waals surface area contributed by atoms with Crippen LogP contribution >= 0.6 is 11.6 Å². The van der Waals surface area contributed by atoms with Crippen LogP contribution in [0.5, 0.6) is 0 Å². The molecule has 1 saturated carbocycles. The van der Waals surface area contributed by atoms with E-state index >= 15 is 0 Å². The highest BCUT2D eigenvalue weighted by Crippen LogP contribution is 2.30. The number of nitrogens with two attached hydrogens (primary N) is 1. The van der Waals surface area contributed by atoms with E-state index in [1.807, 2.05) is 0 Å². The average molecular weight is 364 g/mol. The number of amides is 1. The third-order valence-corrected chi connectivity index (χ3v) is 5.71. The number of halogens is 2. The van der Waals surface area contributed by atoms with E-state index in [0.717, 1.165) is 25.0 Å². The Labute approximate surface area is 139 Å². The molecular weight excluding hydrogens is 345 g/mol. The second kappa shape index (κ2) is 7.12. The van der Waals surface area contributed by atoms with Crippen molar-refractivity contribution >= 4 is 33.2 Å². The summed E-state index contributed by atoms with van der Waals surface area (Å²) in [6, 6.07) is 1.59. The van der Waals surface area contributed by atoms with E-state index in [1.54, 1.807) is 0 Å². The van der Waals surface area contributed by atoms with Gasteiger partial charge in [-0.1, -0.05) is 18.0 Å². The van der Waals surface area contributed by atoms with Crippen LogP contribution < -0.4 is 15.8 Å². The first-order valence-electron chi connectivity index (χ1n) is 7.23. The molecule has 1 fully saturated rings. The number of carbonyl (C=O) groups excluding carboxylic acids is 1. The number of hydrogen-bond acceptors (Lipinski definition) is 4. The molecule has 128 valence electrons. The molecule has 4 N–H and O–H groups in total. The zero-order valence-corrected chi connectivity index (χ0v) is 14.2. The molecule has 9 heteroatoms. The normalized spacial score (nSPS) is 21.4. The van der Waals surface area contributed by atoms with Crippen molar-refractivity contribution < 1.29 is 17.6 Å². The maximum Gasteiger partial charge on any atom is 0.243 e. The quantitative estimate of drug-likeness (QED) is 0.742. The van der Waals surface area contributed by atoms with Crippen molar-refractivity contribution in [2.75, 3.05) is 11.9 Å². The molecule has 1 aromatic carbocycles. The predicted octanol–water partition coefficient (Wildman–Crippen LogP) is 1.84. The van der Waals surface area contributed by atoms with Crippen molar-refractivity contribution in [3.63, 3.8) is 0 Å². The largest absolute Gasteiger partial charge is 0.330 e. The molecule has 0 radical (unpaired) electrons.